The van der Waals surface area contributed by atoms with E-state index in [1.54, 1.807) is 30.3 Å². The molecule has 3 aromatic rings. The predicted octanol–water partition coefficient (Wildman–Crippen LogP) is 5.92. The summed E-state index contributed by atoms with van der Waals surface area (Å²) < 4.78 is 29.0. The Bertz CT molecular complexity index is 1410. The topological polar surface area (TPSA) is 86.8 Å². The zero-order valence-electron chi connectivity index (χ0n) is 24.3. The zero-order valence-corrected chi connectivity index (χ0v) is 25.8. The summed E-state index contributed by atoms with van der Waals surface area (Å²) in [6.07, 6.45) is 2.67. The third-order valence-electron chi connectivity index (χ3n) is 7.03. The van der Waals surface area contributed by atoms with Gasteiger partial charge in [0.25, 0.3) is 10.0 Å². The molecule has 2 amide bonds. The number of nitrogens with zero attached hydrogens (tertiary/aromatic N) is 2. The van der Waals surface area contributed by atoms with Crippen LogP contribution in [0.1, 0.15) is 49.8 Å². The van der Waals surface area contributed by atoms with Crippen molar-refractivity contribution in [3.05, 3.63) is 94.5 Å². The first-order valence-corrected chi connectivity index (χ1v) is 15.9. The number of nitrogens with one attached hydrogen (secondary N) is 1. The predicted molar refractivity (Wildman–Crippen MR) is 166 cm³/mol. The molecule has 0 fully saturated rings. The second-order valence-corrected chi connectivity index (χ2v) is 12.4. The molecule has 3 aromatic carbocycles. The van der Waals surface area contributed by atoms with Crippen molar-refractivity contribution >= 4 is 39.1 Å². The highest BCUT2D eigenvalue weighted by atomic mass is 35.5. The second-order valence-electron chi connectivity index (χ2n) is 10.1. The molecule has 0 aliphatic rings. The van der Waals surface area contributed by atoms with Crippen LogP contribution in [0, 0.1) is 13.8 Å². The number of aryl methyl sites for hydroxylation is 2. The van der Waals surface area contributed by atoms with E-state index >= 15 is 0 Å². The Morgan fingerprint density at radius 3 is 2.24 bits per heavy atom. The van der Waals surface area contributed by atoms with E-state index in [2.05, 4.69) is 5.32 Å². The minimum atomic E-state index is -4.14. The van der Waals surface area contributed by atoms with Crippen LogP contribution in [0.2, 0.25) is 5.02 Å². The summed E-state index contributed by atoms with van der Waals surface area (Å²) in [5, 5.41) is 3.34. The average molecular weight is 598 g/mol. The highest BCUT2D eigenvalue weighted by Crippen LogP contribution is 2.28. The second kappa shape index (κ2) is 15.0. The number of hydrogen-bond acceptors (Lipinski definition) is 4. The normalized spacial score (nSPS) is 12.0. The molecule has 0 heterocycles. The molecule has 220 valence electrons. The first-order chi connectivity index (χ1) is 19.6. The Morgan fingerprint density at radius 2 is 1.63 bits per heavy atom. The monoisotopic (exact) mass is 597 g/mol. The van der Waals surface area contributed by atoms with Gasteiger partial charge in [-0.1, -0.05) is 86.0 Å². The van der Waals surface area contributed by atoms with Crippen molar-refractivity contribution in [1.29, 1.82) is 0 Å². The number of sulfonamides is 1. The lowest BCUT2D eigenvalue weighted by Crippen LogP contribution is -2.53. The maximum absolute atomic E-state index is 14.1. The fourth-order valence-electron chi connectivity index (χ4n) is 4.51. The van der Waals surface area contributed by atoms with E-state index in [4.69, 9.17) is 11.6 Å². The van der Waals surface area contributed by atoms with E-state index < -0.39 is 28.5 Å². The molecule has 0 aliphatic heterocycles. The van der Waals surface area contributed by atoms with E-state index in [0.717, 1.165) is 33.8 Å². The van der Waals surface area contributed by atoms with Crippen molar-refractivity contribution in [3.8, 4) is 0 Å². The van der Waals surface area contributed by atoms with Gasteiger partial charge in [0.05, 0.1) is 10.6 Å². The number of carbonyl (C=O) groups is 2. The minimum Gasteiger partial charge on any atom is -0.354 e. The Kier molecular flexibility index (Phi) is 11.8. The SMILES string of the molecule is CCCCNC(=O)C(CC)N(CCc1ccccc1)C(=O)CN(c1ccc(C)c(Cl)c1)S(=O)(=O)c1ccc(C)cc1. The smallest absolute Gasteiger partial charge is 0.264 e. The lowest BCUT2D eigenvalue weighted by atomic mass is 10.1. The van der Waals surface area contributed by atoms with Crippen molar-refractivity contribution in [1.82, 2.24) is 10.2 Å². The molecule has 41 heavy (non-hydrogen) atoms. The minimum absolute atomic E-state index is 0.0628. The summed E-state index contributed by atoms with van der Waals surface area (Å²) in [6, 6.07) is 20.4. The van der Waals surface area contributed by atoms with Crippen LogP contribution in [0.3, 0.4) is 0 Å². The molecule has 1 atom stereocenters. The van der Waals surface area contributed by atoms with E-state index in [1.165, 1.54) is 17.0 Å². The van der Waals surface area contributed by atoms with Gasteiger partial charge in [-0.3, -0.25) is 13.9 Å². The number of anilines is 1. The van der Waals surface area contributed by atoms with Crippen LogP contribution in [0.4, 0.5) is 5.69 Å². The molecular formula is C32H40ClN3O4S. The molecule has 7 nitrogen and oxygen atoms in total. The fourth-order valence-corrected chi connectivity index (χ4v) is 6.09. The highest BCUT2D eigenvalue weighted by molar-refractivity contribution is 7.92. The van der Waals surface area contributed by atoms with Crippen LogP contribution in [0.15, 0.2) is 77.7 Å². The van der Waals surface area contributed by atoms with Crippen LogP contribution >= 0.6 is 11.6 Å². The van der Waals surface area contributed by atoms with Crippen LogP contribution in [0.5, 0.6) is 0 Å². The van der Waals surface area contributed by atoms with Gasteiger partial charge >= 0.3 is 0 Å². The van der Waals surface area contributed by atoms with Gasteiger partial charge in [0, 0.05) is 18.1 Å². The fraction of sp³-hybridized carbons (Fsp3) is 0.375. The maximum Gasteiger partial charge on any atom is 0.264 e. The molecule has 0 saturated carbocycles. The van der Waals surface area contributed by atoms with Crippen molar-refractivity contribution in [2.75, 3.05) is 23.9 Å². The third kappa shape index (κ3) is 8.57. The molecular weight excluding hydrogens is 558 g/mol. The summed E-state index contributed by atoms with van der Waals surface area (Å²) in [4.78, 5) is 28.9. The standard InChI is InChI=1S/C32H40ClN3O4S/c1-5-7-20-34-32(38)30(6-2)35(21-19-26-11-9-8-10-12-26)31(37)23-36(27-16-15-25(4)29(33)22-27)41(39,40)28-17-13-24(3)14-18-28/h8-18,22,30H,5-7,19-21,23H2,1-4H3,(H,34,38). The van der Waals surface area contributed by atoms with Crippen molar-refractivity contribution < 1.29 is 18.0 Å². The molecule has 0 radical (unpaired) electrons. The van der Waals surface area contributed by atoms with Crippen molar-refractivity contribution in [2.24, 2.45) is 0 Å². The lowest BCUT2D eigenvalue weighted by Gasteiger charge is -2.33. The average Bonchev–Trinajstić information content (AvgIpc) is 2.96. The van der Waals surface area contributed by atoms with Gasteiger partial charge in [-0.15, -0.1) is 0 Å². The summed E-state index contributed by atoms with van der Waals surface area (Å²) in [7, 11) is -4.14. The molecule has 0 bridgehead atoms. The molecule has 1 N–H and O–H groups in total. The van der Waals surface area contributed by atoms with E-state index in [1.807, 2.05) is 58.0 Å². The van der Waals surface area contributed by atoms with Gasteiger partial charge in [-0.25, -0.2) is 8.42 Å². The number of carbonyl (C=O) groups excluding carboxylic acids is 2. The number of unbranched alkanes of at least 4 members (excludes halogenated alkanes) is 1. The van der Waals surface area contributed by atoms with Crippen LogP contribution < -0.4 is 9.62 Å². The zero-order chi connectivity index (χ0) is 30.0. The molecule has 0 aliphatic carbocycles. The largest absolute Gasteiger partial charge is 0.354 e. The Labute approximate surface area is 249 Å². The number of hydrogen-bond donors (Lipinski definition) is 1. The Hall–Kier alpha value is -3.36. The summed E-state index contributed by atoms with van der Waals surface area (Å²) >= 11 is 6.40. The Morgan fingerprint density at radius 1 is 0.951 bits per heavy atom. The molecule has 9 heteroatoms. The summed E-state index contributed by atoms with van der Waals surface area (Å²) in [6.45, 7) is 7.89. The summed E-state index contributed by atoms with van der Waals surface area (Å²) in [5.74, 6) is -0.709. The van der Waals surface area contributed by atoms with Gasteiger partial charge in [0.2, 0.25) is 11.8 Å². The van der Waals surface area contributed by atoms with Crippen LogP contribution in [-0.2, 0) is 26.0 Å². The third-order valence-corrected chi connectivity index (χ3v) is 9.23. The number of rotatable bonds is 14. The number of benzene rings is 3. The van der Waals surface area contributed by atoms with Gasteiger partial charge in [-0.2, -0.15) is 0 Å². The van der Waals surface area contributed by atoms with E-state index in [9.17, 15) is 18.0 Å². The molecule has 0 aromatic heterocycles. The quantitative estimate of drug-likeness (QED) is 0.234. The van der Waals surface area contributed by atoms with Crippen molar-refractivity contribution in [3.63, 3.8) is 0 Å². The first kappa shape index (κ1) is 32.2. The highest BCUT2D eigenvalue weighted by Gasteiger charge is 2.33. The molecule has 0 spiro atoms. The van der Waals surface area contributed by atoms with Crippen LogP contribution in [0.25, 0.3) is 0 Å². The van der Waals surface area contributed by atoms with Crippen LogP contribution in [-0.4, -0.2) is 50.8 Å². The molecule has 1 unspecified atom stereocenters. The first-order valence-electron chi connectivity index (χ1n) is 14.0. The lowest BCUT2D eigenvalue weighted by molar-refractivity contribution is -0.139. The maximum atomic E-state index is 14.1. The van der Waals surface area contributed by atoms with Gasteiger partial charge in [0.1, 0.15) is 12.6 Å². The summed E-state index contributed by atoms with van der Waals surface area (Å²) in [5.41, 5.74) is 2.99. The Balaban J connectivity index is 2.01. The number of halogens is 1. The molecule has 3 rings (SSSR count). The van der Waals surface area contributed by atoms with E-state index in [-0.39, 0.29) is 23.0 Å². The molecule has 0 saturated heterocycles. The van der Waals surface area contributed by atoms with E-state index in [0.29, 0.717) is 24.4 Å². The van der Waals surface area contributed by atoms with Gasteiger partial charge in [0.15, 0.2) is 0 Å². The van der Waals surface area contributed by atoms with Gasteiger partial charge < -0.3 is 10.2 Å². The number of amides is 2. The van der Waals surface area contributed by atoms with Gasteiger partial charge in [-0.05, 0) is 68.5 Å². The van der Waals surface area contributed by atoms with Crippen molar-refractivity contribution in [2.45, 2.75) is 64.3 Å².